The van der Waals surface area contributed by atoms with Crippen molar-refractivity contribution in [3.63, 3.8) is 0 Å². The number of fused-ring (bicyclic) bond motifs is 1. The summed E-state index contributed by atoms with van der Waals surface area (Å²) < 4.78 is 11.7. The molecule has 4 amide bonds. The van der Waals surface area contributed by atoms with E-state index in [1.807, 2.05) is 37.3 Å². The van der Waals surface area contributed by atoms with E-state index in [0.29, 0.717) is 35.0 Å². The summed E-state index contributed by atoms with van der Waals surface area (Å²) in [6.07, 6.45) is -0.210. The van der Waals surface area contributed by atoms with Crippen molar-refractivity contribution in [2.45, 2.75) is 38.8 Å². The highest BCUT2D eigenvalue weighted by Gasteiger charge is 2.32. The fourth-order valence-electron chi connectivity index (χ4n) is 4.96. The van der Waals surface area contributed by atoms with Crippen LogP contribution in [0.2, 0.25) is 0 Å². The van der Waals surface area contributed by atoms with Gasteiger partial charge in [0.25, 0.3) is 0 Å². The molecule has 0 fully saturated rings. The summed E-state index contributed by atoms with van der Waals surface area (Å²) in [6.45, 7) is 4.17. The third-order valence-corrected chi connectivity index (χ3v) is 7.55. The highest BCUT2D eigenvalue weighted by Crippen LogP contribution is 2.29. The van der Waals surface area contributed by atoms with Gasteiger partial charge in [0, 0.05) is 36.4 Å². The molecule has 0 spiro atoms. The van der Waals surface area contributed by atoms with Gasteiger partial charge in [0.1, 0.15) is 17.6 Å². The van der Waals surface area contributed by atoms with Crippen molar-refractivity contribution in [2.75, 3.05) is 44.5 Å². The van der Waals surface area contributed by atoms with E-state index in [4.69, 9.17) is 9.47 Å². The van der Waals surface area contributed by atoms with Crippen LogP contribution in [0.15, 0.2) is 72.8 Å². The molecule has 0 saturated carbocycles. The number of aliphatic hydroxyl groups excluding tert-OH is 1. The van der Waals surface area contributed by atoms with Crippen LogP contribution >= 0.6 is 0 Å². The van der Waals surface area contributed by atoms with E-state index in [2.05, 4.69) is 10.6 Å². The molecule has 3 N–H and O–H groups in total. The van der Waals surface area contributed by atoms with Gasteiger partial charge in [-0.1, -0.05) is 37.3 Å². The van der Waals surface area contributed by atoms with Crippen LogP contribution in [0.5, 0.6) is 11.5 Å². The van der Waals surface area contributed by atoms with Crippen molar-refractivity contribution in [2.24, 2.45) is 5.92 Å². The van der Waals surface area contributed by atoms with E-state index in [9.17, 15) is 19.5 Å². The standard InChI is InChI=1S/C33H40N4O6/c1-22-19-37(23(2)21-38)32(40)18-25-17-27(34-31(39)16-24-8-6-5-7-9-24)12-15-29(25)43-30(22)20-36(3)33(41)35-26-10-13-28(42-4)14-11-26/h5-15,17,22-23,30,38H,16,18-21H2,1-4H3,(H,34,39)(H,35,41)/t22-,23+,30-/m1/s1. The number of nitrogens with zero attached hydrogens (tertiary/aromatic N) is 2. The van der Waals surface area contributed by atoms with E-state index < -0.39 is 12.1 Å². The second-order valence-electron chi connectivity index (χ2n) is 11.0. The van der Waals surface area contributed by atoms with Gasteiger partial charge in [0.15, 0.2) is 0 Å². The normalized spacial score (nSPS) is 17.3. The Labute approximate surface area is 252 Å². The van der Waals surface area contributed by atoms with Gasteiger partial charge in [-0.15, -0.1) is 0 Å². The molecule has 3 aromatic carbocycles. The monoisotopic (exact) mass is 588 g/mol. The van der Waals surface area contributed by atoms with Gasteiger partial charge >= 0.3 is 6.03 Å². The molecule has 1 aliphatic heterocycles. The Bertz CT molecular complexity index is 1400. The minimum absolute atomic E-state index is 0.0370. The van der Waals surface area contributed by atoms with E-state index in [-0.39, 0.29) is 49.8 Å². The van der Waals surface area contributed by atoms with Crippen molar-refractivity contribution >= 4 is 29.2 Å². The fourth-order valence-corrected chi connectivity index (χ4v) is 4.96. The van der Waals surface area contributed by atoms with E-state index in [1.54, 1.807) is 73.3 Å². The predicted molar refractivity (Wildman–Crippen MR) is 165 cm³/mol. The van der Waals surface area contributed by atoms with Gasteiger partial charge in [-0.05, 0) is 55.0 Å². The van der Waals surface area contributed by atoms with Gasteiger partial charge in [0.05, 0.1) is 39.1 Å². The zero-order chi connectivity index (χ0) is 30.9. The molecule has 228 valence electrons. The number of amides is 4. The van der Waals surface area contributed by atoms with Gasteiger partial charge in [0.2, 0.25) is 11.8 Å². The first-order chi connectivity index (χ1) is 20.7. The highest BCUT2D eigenvalue weighted by molar-refractivity contribution is 5.93. The van der Waals surface area contributed by atoms with Crippen LogP contribution in [0.3, 0.4) is 0 Å². The summed E-state index contributed by atoms with van der Waals surface area (Å²) in [7, 11) is 3.27. The first-order valence-corrected chi connectivity index (χ1v) is 14.4. The number of methoxy groups -OCH3 is 1. The summed E-state index contributed by atoms with van der Waals surface area (Å²) in [5.74, 6) is 0.692. The van der Waals surface area contributed by atoms with Crippen LogP contribution in [-0.2, 0) is 22.4 Å². The molecule has 10 nitrogen and oxygen atoms in total. The molecule has 1 aliphatic rings. The van der Waals surface area contributed by atoms with Crippen molar-refractivity contribution in [1.82, 2.24) is 9.80 Å². The maximum atomic E-state index is 13.5. The number of carbonyl (C=O) groups is 3. The van der Waals surface area contributed by atoms with Gasteiger partial charge in [-0.25, -0.2) is 4.79 Å². The molecule has 0 aliphatic carbocycles. The molecule has 3 aromatic rings. The first-order valence-electron chi connectivity index (χ1n) is 14.4. The number of ether oxygens (including phenoxy) is 2. The van der Waals surface area contributed by atoms with Gasteiger partial charge < -0.3 is 35.0 Å². The zero-order valence-corrected chi connectivity index (χ0v) is 25.1. The molecule has 0 aromatic heterocycles. The second-order valence-corrected chi connectivity index (χ2v) is 11.0. The summed E-state index contributed by atoms with van der Waals surface area (Å²) in [5, 5.41) is 15.7. The Morgan fingerprint density at radius 3 is 2.44 bits per heavy atom. The van der Waals surface area contributed by atoms with Crippen LogP contribution in [0, 0.1) is 5.92 Å². The topological polar surface area (TPSA) is 120 Å². The van der Waals surface area contributed by atoms with Crippen LogP contribution in [0.1, 0.15) is 25.0 Å². The third kappa shape index (κ3) is 8.48. The quantitative estimate of drug-likeness (QED) is 0.345. The lowest BCUT2D eigenvalue weighted by molar-refractivity contribution is -0.134. The maximum Gasteiger partial charge on any atom is 0.321 e. The molecule has 3 atom stereocenters. The molecule has 4 rings (SSSR count). The van der Waals surface area contributed by atoms with Crippen LogP contribution in [0.25, 0.3) is 0 Å². The molecule has 0 bridgehead atoms. The summed E-state index contributed by atoms with van der Waals surface area (Å²) in [4.78, 5) is 42.5. The largest absolute Gasteiger partial charge is 0.497 e. The van der Waals surface area contributed by atoms with Crippen molar-refractivity contribution in [1.29, 1.82) is 0 Å². The first kappa shape index (κ1) is 31.4. The number of hydrogen-bond acceptors (Lipinski definition) is 6. The van der Waals surface area contributed by atoms with Crippen molar-refractivity contribution < 1.29 is 29.0 Å². The Kier molecular flexibility index (Phi) is 10.6. The van der Waals surface area contributed by atoms with Crippen molar-refractivity contribution in [3.05, 3.63) is 83.9 Å². The lowest BCUT2D eigenvalue weighted by atomic mass is 10.0. The maximum absolute atomic E-state index is 13.5. The van der Waals surface area contributed by atoms with Crippen LogP contribution < -0.4 is 20.1 Å². The fraction of sp³-hybridized carbons (Fsp3) is 0.364. The Balaban J connectivity index is 1.54. The second kappa shape index (κ2) is 14.6. The average molecular weight is 589 g/mol. The molecular formula is C33H40N4O6. The van der Waals surface area contributed by atoms with E-state index in [0.717, 1.165) is 5.56 Å². The van der Waals surface area contributed by atoms with Crippen LogP contribution in [-0.4, -0.2) is 78.8 Å². The Hall–Kier alpha value is -4.57. The molecule has 0 radical (unpaired) electrons. The molecule has 43 heavy (non-hydrogen) atoms. The molecule has 0 saturated heterocycles. The SMILES string of the molecule is COc1ccc(NC(=O)N(C)C[C@H]2Oc3ccc(NC(=O)Cc4ccccc4)cc3CC(=O)N([C@@H](C)CO)C[C@H]2C)cc1. The summed E-state index contributed by atoms with van der Waals surface area (Å²) in [5.41, 5.74) is 2.69. The number of hydrogen-bond donors (Lipinski definition) is 3. The Morgan fingerprint density at radius 2 is 1.77 bits per heavy atom. The molecule has 10 heteroatoms. The summed E-state index contributed by atoms with van der Waals surface area (Å²) in [6, 6.07) is 21.1. The molecule has 0 unspecified atom stereocenters. The number of benzene rings is 3. The number of urea groups is 1. The smallest absolute Gasteiger partial charge is 0.321 e. The highest BCUT2D eigenvalue weighted by atomic mass is 16.5. The number of carbonyl (C=O) groups excluding carboxylic acids is 3. The van der Waals surface area contributed by atoms with Crippen molar-refractivity contribution in [3.8, 4) is 11.5 Å². The number of anilines is 2. The van der Waals surface area contributed by atoms with Gasteiger partial charge in [-0.3, -0.25) is 9.59 Å². The predicted octanol–water partition coefficient (Wildman–Crippen LogP) is 4.19. The summed E-state index contributed by atoms with van der Waals surface area (Å²) >= 11 is 0. The minimum atomic E-state index is -0.469. The average Bonchev–Trinajstić information content (AvgIpc) is 3.04. The number of rotatable bonds is 9. The molecular weight excluding hydrogens is 548 g/mol. The third-order valence-electron chi connectivity index (χ3n) is 7.55. The van der Waals surface area contributed by atoms with Gasteiger partial charge in [-0.2, -0.15) is 0 Å². The van der Waals surface area contributed by atoms with Crippen LogP contribution in [0.4, 0.5) is 16.2 Å². The minimum Gasteiger partial charge on any atom is -0.497 e. The number of aliphatic hydroxyl groups is 1. The number of likely N-dealkylation sites (N-methyl/N-ethyl adjacent to an activating group) is 1. The zero-order valence-electron chi connectivity index (χ0n) is 25.1. The number of nitrogens with one attached hydrogen (secondary N) is 2. The van der Waals surface area contributed by atoms with E-state index >= 15 is 0 Å². The Morgan fingerprint density at radius 1 is 1.07 bits per heavy atom. The molecule has 1 heterocycles. The lowest BCUT2D eigenvalue weighted by Crippen LogP contribution is -2.48. The van der Waals surface area contributed by atoms with E-state index in [1.165, 1.54) is 0 Å². The lowest BCUT2D eigenvalue weighted by Gasteiger charge is -2.34.